The van der Waals surface area contributed by atoms with Crippen LogP contribution in [0.15, 0.2) is 24.3 Å². The molecule has 0 saturated carbocycles. The topological polar surface area (TPSA) is 81.4 Å². The van der Waals surface area contributed by atoms with Gasteiger partial charge in [0.05, 0.1) is 5.92 Å². The van der Waals surface area contributed by atoms with Crippen molar-refractivity contribution in [1.82, 2.24) is 5.32 Å². The van der Waals surface area contributed by atoms with Crippen LogP contribution < -0.4 is 11.1 Å². The van der Waals surface area contributed by atoms with Crippen LogP contribution in [0.2, 0.25) is 0 Å². The first kappa shape index (κ1) is 29.3. The van der Waals surface area contributed by atoms with Crippen molar-refractivity contribution in [3.05, 3.63) is 35.4 Å². The number of carbonyl (C=O) groups is 2. The van der Waals surface area contributed by atoms with E-state index < -0.39 is 0 Å². The molecule has 0 atom stereocenters. The SMILES string of the molecule is CC.CC(C)CC(C)(C)C(=O)NCc1ccc(COC(=O)C(C)C)cc1.CCN. The fourth-order valence-corrected chi connectivity index (χ4v) is 2.61. The molecule has 1 aromatic rings. The lowest BCUT2D eigenvalue weighted by Crippen LogP contribution is -2.37. The summed E-state index contributed by atoms with van der Waals surface area (Å²) in [6.07, 6.45) is 0.860. The van der Waals surface area contributed by atoms with E-state index in [1.807, 2.05) is 72.7 Å². The molecule has 0 aliphatic carbocycles. The first-order valence-electron chi connectivity index (χ1n) is 10.8. The minimum absolute atomic E-state index is 0.0751. The van der Waals surface area contributed by atoms with Gasteiger partial charge in [0.15, 0.2) is 0 Å². The van der Waals surface area contributed by atoms with Crippen LogP contribution in [0.3, 0.4) is 0 Å². The highest BCUT2D eigenvalue weighted by Crippen LogP contribution is 2.25. The first-order chi connectivity index (χ1) is 13.5. The maximum atomic E-state index is 12.3. The molecule has 0 heterocycles. The summed E-state index contributed by atoms with van der Waals surface area (Å²) in [5.41, 5.74) is 6.46. The third kappa shape index (κ3) is 13.9. The lowest BCUT2D eigenvalue weighted by atomic mass is 9.83. The molecule has 1 aromatic carbocycles. The number of ether oxygens (including phenoxy) is 1. The smallest absolute Gasteiger partial charge is 0.308 e. The highest BCUT2D eigenvalue weighted by molar-refractivity contribution is 5.81. The molecule has 168 valence electrons. The Morgan fingerprint density at radius 2 is 1.48 bits per heavy atom. The predicted octanol–water partition coefficient (Wildman–Crippen LogP) is 5.07. The number of rotatable bonds is 8. The van der Waals surface area contributed by atoms with Gasteiger partial charge in [0.1, 0.15) is 6.61 Å². The Hall–Kier alpha value is -1.88. The largest absolute Gasteiger partial charge is 0.461 e. The highest BCUT2D eigenvalue weighted by Gasteiger charge is 2.28. The van der Waals surface area contributed by atoms with E-state index in [9.17, 15) is 9.59 Å². The minimum atomic E-state index is -0.362. The van der Waals surface area contributed by atoms with Gasteiger partial charge in [-0.15, -0.1) is 0 Å². The summed E-state index contributed by atoms with van der Waals surface area (Å²) >= 11 is 0. The zero-order valence-corrected chi connectivity index (χ0v) is 20.1. The van der Waals surface area contributed by atoms with Crippen molar-refractivity contribution < 1.29 is 14.3 Å². The summed E-state index contributed by atoms with van der Waals surface area (Å²) in [6, 6.07) is 7.76. The van der Waals surface area contributed by atoms with E-state index in [0.717, 1.165) is 24.1 Å². The second-order valence-electron chi connectivity index (χ2n) is 8.15. The van der Waals surface area contributed by atoms with Crippen LogP contribution in [0.25, 0.3) is 0 Å². The Labute approximate surface area is 178 Å². The Morgan fingerprint density at radius 3 is 1.90 bits per heavy atom. The van der Waals surface area contributed by atoms with Gasteiger partial charge >= 0.3 is 5.97 Å². The summed E-state index contributed by atoms with van der Waals surface area (Å²) in [4.78, 5) is 23.8. The third-order valence-corrected chi connectivity index (χ3v) is 3.86. The standard InChI is InChI=1S/C20H31NO3.C2H7N.C2H6/c1-14(2)11-20(5,6)19(23)21-12-16-7-9-17(10-8-16)13-24-18(22)15(3)4;1-2-3;1-2/h7-10,14-15H,11-13H2,1-6H3,(H,21,23);2-3H2,1H3;1-2H3. The molecule has 0 saturated heterocycles. The van der Waals surface area contributed by atoms with Crippen LogP contribution >= 0.6 is 0 Å². The van der Waals surface area contributed by atoms with Crippen LogP contribution in [0.1, 0.15) is 79.9 Å². The predicted molar refractivity (Wildman–Crippen MR) is 122 cm³/mol. The molecule has 5 heteroatoms. The van der Waals surface area contributed by atoms with Gasteiger partial charge in [-0.2, -0.15) is 0 Å². The van der Waals surface area contributed by atoms with Crippen molar-refractivity contribution in [2.24, 2.45) is 23.0 Å². The average Bonchev–Trinajstić information content (AvgIpc) is 2.66. The van der Waals surface area contributed by atoms with Gasteiger partial charge in [-0.05, 0) is 30.0 Å². The van der Waals surface area contributed by atoms with Crippen LogP contribution in [0, 0.1) is 17.3 Å². The molecule has 0 fully saturated rings. The molecule has 0 aliphatic rings. The first-order valence-corrected chi connectivity index (χ1v) is 10.8. The average molecular weight is 409 g/mol. The van der Waals surface area contributed by atoms with Crippen molar-refractivity contribution >= 4 is 11.9 Å². The Kier molecular flexibility index (Phi) is 16.2. The molecular weight excluding hydrogens is 364 g/mol. The number of carbonyl (C=O) groups excluding carboxylic acids is 2. The number of hydrogen-bond acceptors (Lipinski definition) is 4. The highest BCUT2D eigenvalue weighted by atomic mass is 16.5. The molecule has 5 nitrogen and oxygen atoms in total. The van der Waals surface area contributed by atoms with Crippen molar-refractivity contribution in [3.63, 3.8) is 0 Å². The fourth-order valence-electron chi connectivity index (χ4n) is 2.61. The van der Waals surface area contributed by atoms with Gasteiger partial charge in [0.2, 0.25) is 5.91 Å². The normalized spacial score (nSPS) is 10.5. The summed E-state index contributed by atoms with van der Waals surface area (Å²) in [7, 11) is 0. The molecule has 3 N–H and O–H groups in total. The molecule has 0 bridgehead atoms. The number of benzene rings is 1. The van der Waals surface area contributed by atoms with Crippen molar-refractivity contribution in [2.45, 2.75) is 81.9 Å². The summed E-state index contributed by atoms with van der Waals surface area (Å²) in [5.74, 6) is 0.247. The number of nitrogens with two attached hydrogens (primary N) is 1. The van der Waals surface area contributed by atoms with E-state index in [2.05, 4.69) is 19.2 Å². The molecular formula is C24H44N2O3. The summed E-state index contributed by atoms with van der Waals surface area (Å²) < 4.78 is 5.20. The van der Waals surface area contributed by atoms with Gasteiger partial charge in [0.25, 0.3) is 0 Å². The van der Waals surface area contributed by atoms with E-state index in [4.69, 9.17) is 10.5 Å². The molecule has 0 spiro atoms. The second kappa shape index (κ2) is 16.0. The summed E-state index contributed by atoms with van der Waals surface area (Å²) in [6.45, 7) is 19.3. The van der Waals surface area contributed by atoms with Crippen molar-refractivity contribution in [1.29, 1.82) is 0 Å². The van der Waals surface area contributed by atoms with Crippen LogP contribution in [-0.2, 0) is 27.5 Å². The number of amides is 1. The third-order valence-electron chi connectivity index (χ3n) is 3.86. The van der Waals surface area contributed by atoms with Gasteiger partial charge < -0.3 is 15.8 Å². The van der Waals surface area contributed by atoms with Crippen molar-refractivity contribution in [3.8, 4) is 0 Å². The zero-order valence-electron chi connectivity index (χ0n) is 20.1. The van der Waals surface area contributed by atoms with E-state index >= 15 is 0 Å². The lowest BCUT2D eigenvalue weighted by molar-refractivity contribution is -0.148. The maximum Gasteiger partial charge on any atom is 0.308 e. The van der Waals surface area contributed by atoms with Gasteiger partial charge in [0, 0.05) is 12.0 Å². The number of hydrogen-bond donors (Lipinski definition) is 2. The van der Waals surface area contributed by atoms with Crippen molar-refractivity contribution in [2.75, 3.05) is 6.54 Å². The van der Waals surface area contributed by atoms with Gasteiger partial charge in [-0.25, -0.2) is 0 Å². The Morgan fingerprint density at radius 1 is 1.03 bits per heavy atom. The monoisotopic (exact) mass is 408 g/mol. The lowest BCUT2D eigenvalue weighted by Gasteiger charge is -2.25. The summed E-state index contributed by atoms with van der Waals surface area (Å²) in [5, 5.41) is 3.00. The minimum Gasteiger partial charge on any atom is -0.461 e. The molecule has 29 heavy (non-hydrogen) atoms. The van der Waals surface area contributed by atoms with Gasteiger partial charge in [-0.3, -0.25) is 9.59 Å². The van der Waals surface area contributed by atoms with Crippen LogP contribution in [0.5, 0.6) is 0 Å². The maximum absolute atomic E-state index is 12.3. The van der Waals surface area contributed by atoms with E-state index in [1.165, 1.54) is 0 Å². The Bertz CT molecular complexity index is 564. The zero-order chi connectivity index (χ0) is 23.0. The van der Waals surface area contributed by atoms with E-state index in [-0.39, 0.29) is 29.8 Å². The Balaban J connectivity index is 0. The fraction of sp³-hybridized carbons (Fsp3) is 0.667. The quantitative estimate of drug-likeness (QED) is 0.589. The van der Waals surface area contributed by atoms with E-state index in [1.54, 1.807) is 0 Å². The van der Waals surface area contributed by atoms with Crippen LogP contribution in [0.4, 0.5) is 0 Å². The van der Waals surface area contributed by atoms with E-state index in [0.29, 0.717) is 12.5 Å². The molecule has 0 radical (unpaired) electrons. The molecule has 0 aliphatic heterocycles. The molecule has 0 unspecified atom stereocenters. The number of nitrogens with one attached hydrogen (secondary N) is 1. The molecule has 1 amide bonds. The molecule has 1 rings (SSSR count). The van der Waals surface area contributed by atoms with Gasteiger partial charge in [-0.1, -0.05) is 86.6 Å². The number of esters is 1. The second-order valence-corrected chi connectivity index (χ2v) is 8.15. The molecule has 0 aromatic heterocycles. The van der Waals surface area contributed by atoms with Crippen LogP contribution in [-0.4, -0.2) is 18.4 Å².